The maximum atomic E-state index is 5.58. The Balaban J connectivity index is 0.00000169. The first-order valence-electron chi connectivity index (χ1n) is 8.73. The molecule has 2 nitrogen and oxygen atoms in total. The Morgan fingerprint density at radius 1 is 1.08 bits per heavy atom. The predicted octanol–water partition coefficient (Wildman–Crippen LogP) is 4.54. The minimum absolute atomic E-state index is 0. The number of benzene rings is 2. The Labute approximate surface area is 151 Å². The number of nitrogens with one attached hydrogen (secondary N) is 1. The fourth-order valence-corrected chi connectivity index (χ4v) is 4.75. The monoisotopic (exact) mass is 343 g/mol. The van der Waals surface area contributed by atoms with E-state index in [0.29, 0.717) is 17.9 Å². The van der Waals surface area contributed by atoms with Crippen LogP contribution in [0.15, 0.2) is 48.5 Å². The van der Waals surface area contributed by atoms with Crippen molar-refractivity contribution in [3.05, 3.63) is 65.2 Å². The highest BCUT2D eigenvalue weighted by Gasteiger charge is 2.42. The molecule has 4 atom stereocenters. The topological polar surface area (TPSA) is 21.3 Å². The second kappa shape index (κ2) is 7.16. The number of halogens is 1. The van der Waals surface area contributed by atoms with E-state index >= 15 is 0 Å². The molecule has 1 saturated heterocycles. The molecule has 2 aliphatic rings. The van der Waals surface area contributed by atoms with Crippen molar-refractivity contribution in [3.63, 3.8) is 0 Å². The summed E-state index contributed by atoms with van der Waals surface area (Å²) in [5.74, 6) is 2.98. The summed E-state index contributed by atoms with van der Waals surface area (Å²) in [5, 5.41) is 3.83. The zero-order chi connectivity index (χ0) is 15.8. The van der Waals surface area contributed by atoms with Gasteiger partial charge in [-0.3, -0.25) is 0 Å². The normalized spacial score (nSPS) is 26.0. The maximum Gasteiger partial charge on any atom is 0.122 e. The van der Waals surface area contributed by atoms with Crippen molar-refractivity contribution in [2.45, 2.75) is 37.6 Å². The molecule has 0 saturated carbocycles. The lowest BCUT2D eigenvalue weighted by Crippen LogP contribution is -2.34. The maximum absolute atomic E-state index is 5.58. The van der Waals surface area contributed by atoms with E-state index in [9.17, 15) is 0 Å². The first-order chi connectivity index (χ1) is 11.3. The summed E-state index contributed by atoms with van der Waals surface area (Å²) in [6.07, 6.45) is 2.40. The molecule has 3 heteroatoms. The summed E-state index contributed by atoms with van der Waals surface area (Å²) >= 11 is 0. The molecule has 1 unspecified atom stereocenters. The summed E-state index contributed by atoms with van der Waals surface area (Å²) in [4.78, 5) is 0. The molecular formula is C21H26ClNO. The van der Waals surface area contributed by atoms with E-state index in [1.54, 1.807) is 7.11 Å². The van der Waals surface area contributed by atoms with Gasteiger partial charge in [0.15, 0.2) is 0 Å². The number of fused-ring (bicyclic) bond motifs is 3. The summed E-state index contributed by atoms with van der Waals surface area (Å²) in [5.41, 5.74) is 4.39. The largest absolute Gasteiger partial charge is 0.496 e. The van der Waals surface area contributed by atoms with Gasteiger partial charge < -0.3 is 10.1 Å². The smallest absolute Gasteiger partial charge is 0.122 e. The van der Waals surface area contributed by atoms with Gasteiger partial charge in [-0.1, -0.05) is 49.4 Å². The third-order valence-corrected chi connectivity index (χ3v) is 5.93. The lowest BCUT2D eigenvalue weighted by atomic mass is 9.71. The molecule has 0 spiro atoms. The van der Waals surface area contributed by atoms with E-state index in [1.165, 1.54) is 23.1 Å². The van der Waals surface area contributed by atoms with Gasteiger partial charge in [0, 0.05) is 18.5 Å². The summed E-state index contributed by atoms with van der Waals surface area (Å²) in [7, 11) is 1.79. The van der Waals surface area contributed by atoms with Crippen molar-refractivity contribution >= 4 is 12.4 Å². The molecule has 2 aromatic rings. The molecule has 1 N–H and O–H groups in total. The van der Waals surface area contributed by atoms with Crippen molar-refractivity contribution in [1.29, 1.82) is 0 Å². The van der Waals surface area contributed by atoms with Crippen LogP contribution >= 0.6 is 12.4 Å². The number of ether oxygens (including phenoxy) is 1. The van der Waals surface area contributed by atoms with Crippen molar-refractivity contribution in [2.24, 2.45) is 5.92 Å². The van der Waals surface area contributed by atoms with E-state index < -0.39 is 0 Å². The lowest BCUT2D eigenvalue weighted by molar-refractivity contribution is 0.335. The number of methoxy groups -OCH3 is 1. The van der Waals surface area contributed by atoms with Crippen LogP contribution in [0.1, 0.15) is 41.9 Å². The Morgan fingerprint density at radius 2 is 1.88 bits per heavy atom. The minimum atomic E-state index is 0. The van der Waals surface area contributed by atoms with E-state index in [-0.39, 0.29) is 12.4 Å². The Kier molecular flexibility index (Phi) is 5.17. The lowest BCUT2D eigenvalue weighted by Gasteiger charge is -2.34. The van der Waals surface area contributed by atoms with Gasteiger partial charge in [-0.05, 0) is 47.4 Å². The van der Waals surface area contributed by atoms with Crippen LogP contribution in [0.2, 0.25) is 0 Å². The predicted molar refractivity (Wildman–Crippen MR) is 101 cm³/mol. The zero-order valence-electron chi connectivity index (χ0n) is 14.4. The molecule has 1 aliphatic carbocycles. The van der Waals surface area contributed by atoms with Gasteiger partial charge in [-0.2, -0.15) is 0 Å². The average molecular weight is 344 g/mol. The molecule has 1 heterocycles. The van der Waals surface area contributed by atoms with Crippen LogP contribution < -0.4 is 10.1 Å². The third-order valence-electron chi connectivity index (χ3n) is 5.93. The molecule has 1 fully saturated rings. The summed E-state index contributed by atoms with van der Waals surface area (Å²) in [6, 6.07) is 18.1. The molecule has 0 bridgehead atoms. The molecule has 0 amide bonds. The second-order valence-corrected chi connectivity index (χ2v) is 6.97. The van der Waals surface area contributed by atoms with Gasteiger partial charge in [0.05, 0.1) is 7.11 Å². The highest BCUT2D eigenvalue weighted by Crippen LogP contribution is 2.46. The molecule has 0 radical (unpaired) electrons. The quantitative estimate of drug-likeness (QED) is 0.883. The SMILES string of the molecule is COc1cccc2c1CC[C@@H]1C([C@@H](C)c3ccccc3)NC[C@H]21.Cl. The van der Waals surface area contributed by atoms with Crippen LogP contribution in [0.3, 0.4) is 0 Å². The van der Waals surface area contributed by atoms with Crippen LogP contribution in [0.25, 0.3) is 0 Å². The van der Waals surface area contributed by atoms with Crippen molar-refractivity contribution in [2.75, 3.05) is 13.7 Å². The fourth-order valence-electron chi connectivity index (χ4n) is 4.75. The Morgan fingerprint density at radius 3 is 2.62 bits per heavy atom. The van der Waals surface area contributed by atoms with Crippen molar-refractivity contribution < 1.29 is 4.74 Å². The van der Waals surface area contributed by atoms with Crippen LogP contribution in [-0.4, -0.2) is 19.7 Å². The molecular weight excluding hydrogens is 318 g/mol. The van der Waals surface area contributed by atoms with E-state index in [0.717, 1.165) is 24.6 Å². The van der Waals surface area contributed by atoms with Gasteiger partial charge in [0.1, 0.15) is 5.75 Å². The van der Waals surface area contributed by atoms with Gasteiger partial charge in [0.25, 0.3) is 0 Å². The number of hydrogen-bond donors (Lipinski definition) is 1. The van der Waals surface area contributed by atoms with Crippen molar-refractivity contribution in [3.8, 4) is 5.75 Å². The molecule has 24 heavy (non-hydrogen) atoms. The molecule has 0 aromatic heterocycles. The van der Waals surface area contributed by atoms with Crippen LogP contribution in [-0.2, 0) is 6.42 Å². The third kappa shape index (κ3) is 2.82. The minimum Gasteiger partial charge on any atom is -0.496 e. The Hall–Kier alpha value is -1.51. The Bertz CT molecular complexity index is 687. The highest BCUT2D eigenvalue weighted by molar-refractivity contribution is 5.85. The van der Waals surface area contributed by atoms with Gasteiger partial charge in [0.2, 0.25) is 0 Å². The molecule has 4 rings (SSSR count). The van der Waals surface area contributed by atoms with Crippen LogP contribution in [0.4, 0.5) is 0 Å². The van der Waals surface area contributed by atoms with Gasteiger partial charge in [-0.25, -0.2) is 0 Å². The number of hydrogen-bond acceptors (Lipinski definition) is 2. The average Bonchev–Trinajstić information content (AvgIpc) is 3.05. The standard InChI is InChI=1S/C21H25NO.ClH/c1-14(15-7-4-3-5-8-15)21-18-12-11-17-16(19(18)13-22-21)9-6-10-20(17)23-2;/h3-10,14,18-19,21-22H,11-13H2,1-2H3;1H/t14-,18-,19+,21?;/m0./s1. The van der Waals surface area contributed by atoms with Gasteiger partial charge in [-0.15, -0.1) is 12.4 Å². The molecule has 128 valence electrons. The fraction of sp³-hybridized carbons (Fsp3) is 0.429. The summed E-state index contributed by atoms with van der Waals surface area (Å²) in [6.45, 7) is 3.46. The van der Waals surface area contributed by atoms with Crippen LogP contribution in [0, 0.1) is 5.92 Å². The zero-order valence-corrected chi connectivity index (χ0v) is 15.2. The number of rotatable bonds is 3. The first kappa shape index (κ1) is 17.3. The highest BCUT2D eigenvalue weighted by atomic mass is 35.5. The summed E-state index contributed by atoms with van der Waals surface area (Å²) < 4.78 is 5.58. The molecule has 1 aliphatic heterocycles. The van der Waals surface area contributed by atoms with Crippen LogP contribution in [0.5, 0.6) is 5.75 Å². The van der Waals surface area contributed by atoms with E-state index in [1.807, 2.05) is 0 Å². The van der Waals surface area contributed by atoms with Crippen molar-refractivity contribution in [1.82, 2.24) is 5.32 Å². The second-order valence-electron chi connectivity index (χ2n) is 6.97. The van der Waals surface area contributed by atoms with E-state index in [2.05, 4.69) is 60.8 Å². The first-order valence-corrected chi connectivity index (χ1v) is 8.73. The van der Waals surface area contributed by atoms with E-state index in [4.69, 9.17) is 4.74 Å². The molecule has 2 aromatic carbocycles. The van der Waals surface area contributed by atoms with Gasteiger partial charge >= 0.3 is 0 Å².